The second-order valence-corrected chi connectivity index (χ2v) is 9.69. The smallest absolute Gasteiger partial charge is 0.872 e. The molecule has 0 saturated heterocycles. The van der Waals surface area contributed by atoms with Gasteiger partial charge in [-0.1, -0.05) is 115 Å². The summed E-state index contributed by atoms with van der Waals surface area (Å²) in [6, 6.07) is 3.89. The van der Waals surface area contributed by atoms with Crippen molar-refractivity contribution in [2.24, 2.45) is 0 Å². The van der Waals surface area contributed by atoms with Gasteiger partial charge < -0.3 is 5.11 Å². The summed E-state index contributed by atoms with van der Waals surface area (Å²) in [5.74, 6) is -0.395. The van der Waals surface area contributed by atoms with Crippen molar-refractivity contribution in [1.29, 1.82) is 0 Å². The van der Waals surface area contributed by atoms with Gasteiger partial charge in [-0.05, 0) is 24.5 Å². The molecule has 1 N–H and O–H groups in total. The molecule has 0 heterocycles. The van der Waals surface area contributed by atoms with Gasteiger partial charge in [-0.25, -0.2) is 0 Å². The van der Waals surface area contributed by atoms with Gasteiger partial charge in [-0.3, -0.25) is 4.55 Å². The zero-order chi connectivity index (χ0) is 21.4. The predicted molar refractivity (Wildman–Crippen MR) is 119 cm³/mol. The van der Waals surface area contributed by atoms with E-state index in [2.05, 4.69) is 6.92 Å². The fourth-order valence-corrected chi connectivity index (χ4v) is 4.61. The first-order valence-corrected chi connectivity index (χ1v) is 13.2. The van der Waals surface area contributed by atoms with E-state index in [4.69, 9.17) is 0 Å². The summed E-state index contributed by atoms with van der Waals surface area (Å²) in [4.78, 5) is -0.231. The molecule has 0 fully saturated rings. The molecule has 0 aliphatic rings. The summed E-state index contributed by atoms with van der Waals surface area (Å²) in [6.07, 6.45) is 21.3. The topological polar surface area (TPSA) is 77.4 Å². The predicted octanol–water partition coefficient (Wildman–Crippen LogP) is 3.81. The van der Waals surface area contributed by atoms with E-state index in [0.29, 0.717) is 12.0 Å². The Labute approximate surface area is 207 Å². The number of aryl methyl sites for hydroxylation is 1. The van der Waals surface area contributed by atoms with Crippen molar-refractivity contribution in [2.75, 3.05) is 0 Å². The van der Waals surface area contributed by atoms with Gasteiger partial charge in [0.1, 0.15) is 0 Å². The van der Waals surface area contributed by atoms with Crippen LogP contribution in [-0.4, -0.2) is 13.0 Å². The van der Waals surface area contributed by atoms with E-state index in [1.807, 2.05) is 0 Å². The molecule has 168 valence electrons. The van der Waals surface area contributed by atoms with E-state index >= 15 is 0 Å². The van der Waals surface area contributed by atoms with Crippen molar-refractivity contribution in [2.45, 2.75) is 121 Å². The van der Waals surface area contributed by atoms with Crippen molar-refractivity contribution >= 4 is 10.1 Å². The normalized spacial score (nSPS) is 11.4. The Balaban J connectivity index is 0.00000841. The molecule has 0 aliphatic carbocycles. The number of hydrogen-bond donors (Lipinski definition) is 1. The third-order valence-corrected chi connectivity index (χ3v) is 6.55. The zero-order valence-corrected chi connectivity index (χ0v) is 22.1. The van der Waals surface area contributed by atoms with Crippen LogP contribution in [0.5, 0.6) is 5.75 Å². The largest absolute Gasteiger partial charge is 1.00 e. The molecular weight excluding hydrogens is 407 g/mol. The van der Waals surface area contributed by atoms with Gasteiger partial charge in [0.05, 0.1) is 4.90 Å². The minimum atomic E-state index is -4.33. The van der Waals surface area contributed by atoms with Crippen LogP contribution in [0, 0.1) is 0 Å². The second kappa shape index (κ2) is 18.5. The third kappa shape index (κ3) is 14.9. The van der Waals surface area contributed by atoms with Gasteiger partial charge in [0.15, 0.2) is 0 Å². The van der Waals surface area contributed by atoms with Crippen molar-refractivity contribution in [3.63, 3.8) is 0 Å². The van der Waals surface area contributed by atoms with Crippen LogP contribution in [0.1, 0.15) is 115 Å². The zero-order valence-electron chi connectivity index (χ0n) is 19.3. The Morgan fingerprint density at radius 3 is 1.53 bits per heavy atom. The minimum absolute atomic E-state index is 0. The molecule has 30 heavy (non-hydrogen) atoms. The summed E-state index contributed by atoms with van der Waals surface area (Å²) < 4.78 is 32.1. The maximum Gasteiger partial charge on any atom is 1.00 e. The monoisotopic (exact) mass is 448 g/mol. The van der Waals surface area contributed by atoms with Gasteiger partial charge in [0, 0.05) is 0 Å². The summed E-state index contributed by atoms with van der Waals surface area (Å²) in [5.41, 5.74) is 0.539. The molecule has 0 spiro atoms. The third-order valence-electron chi connectivity index (χ3n) is 5.62. The van der Waals surface area contributed by atoms with Gasteiger partial charge in [-0.15, -0.1) is 5.75 Å². The molecule has 0 aliphatic heterocycles. The van der Waals surface area contributed by atoms with E-state index in [9.17, 15) is 18.1 Å². The summed E-state index contributed by atoms with van der Waals surface area (Å²) >= 11 is 0. The summed E-state index contributed by atoms with van der Waals surface area (Å²) in [6.45, 7) is 2.26. The SMILES string of the molecule is CCCCCCCCCCCCCCCCCCc1ccc([O-])cc1S(=O)(=O)O.[Na+]. The van der Waals surface area contributed by atoms with Gasteiger partial charge >= 0.3 is 29.6 Å². The Kier molecular flexibility index (Phi) is 18.5. The van der Waals surface area contributed by atoms with Crippen molar-refractivity contribution < 1.29 is 47.6 Å². The Bertz CT molecular complexity index is 647. The van der Waals surface area contributed by atoms with Crippen LogP contribution < -0.4 is 34.7 Å². The molecule has 0 bridgehead atoms. The van der Waals surface area contributed by atoms with Crippen LogP contribution in [0.15, 0.2) is 23.1 Å². The molecule has 1 aromatic carbocycles. The average molecular weight is 449 g/mol. The first kappa shape index (κ1) is 29.9. The van der Waals surface area contributed by atoms with Crippen molar-refractivity contribution in [1.82, 2.24) is 0 Å². The first-order valence-electron chi connectivity index (χ1n) is 11.7. The number of hydrogen-bond acceptors (Lipinski definition) is 3. The van der Waals surface area contributed by atoms with Crippen LogP contribution in [-0.2, 0) is 16.5 Å². The number of rotatable bonds is 18. The molecule has 1 aromatic rings. The van der Waals surface area contributed by atoms with Gasteiger partial charge in [0.2, 0.25) is 0 Å². The molecule has 0 unspecified atom stereocenters. The summed E-state index contributed by atoms with van der Waals surface area (Å²) in [5, 5.41) is 11.3. The van der Waals surface area contributed by atoms with E-state index in [1.165, 1.54) is 95.6 Å². The van der Waals surface area contributed by atoms with Crippen LogP contribution in [0.3, 0.4) is 0 Å². The van der Waals surface area contributed by atoms with Crippen LogP contribution in [0.4, 0.5) is 0 Å². The molecule has 0 atom stereocenters. The van der Waals surface area contributed by atoms with Gasteiger partial charge in [0.25, 0.3) is 10.1 Å². The number of benzene rings is 1. The van der Waals surface area contributed by atoms with Gasteiger partial charge in [-0.2, -0.15) is 8.42 Å². The standard InChI is InChI=1S/C24H42O4S.Na/c1-2-3-4-5-6-7-8-9-10-11-12-13-14-15-16-17-18-22-19-20-23(25)21-24(22)29(26,27)28;/h19-21,25H,2-18H2,1H3,(H,26,27,28);/q;+1/p-1. The Morgan fingerprint density at radius 1 is 0.733 bits per heavy atom. The maximum atomic E-state index is 11.4. The van der Waals surface area contributed by atoms with Crippen molar-refractivity contribution in [3.8, 4) is 5.75 Å². The quantitative estimate of drug-likeness (QED) is 0.210. The Morgan fingerprint density at radius 2 is 1.13 bits per heavy atom. The maximum absolute atomic E-state index is 11.4. The van der Waals surface area contributed by atoms with E-state index in [-0.39, 0.29) is 34.5 Å². The Hall–Kier alpha value is -0.0700. The molecule has 0 radical (unpaired) electrons. The molecule has 0 saturated carbocycles. The van der Waals surface area contributed by atoms with Crippen LogP contribution in [0.25, 0.3) is 0 Å². The first-order chi connectivity index (χ1) is 13.9. The fourth-order valence-electron chi connectivity index (χ4n) is 3.85. The fraction of sp³-hybridized carbons (Fsp3) is 0.750. The molecule has 6 heteroatoms. The van der Waals surface area contributed by atoms with Crippen LogP contribution in [0.2, 0.25) is 0 Å². The average Bonchev–Trinajstić information content (AvgIpc) is 2.68. The molecule has 4 nitrogen and oxygen atoms in total. The van der Waals surface area contributed by atoms with E-state index in [0.717, 1.165) is 25.3 Å². The van der Waals surface area contributed by atoms with Crippen LogP contribution >= 0.6 is 0 Å². The van der Waals surface area contributed by atoms with Crippen molar-refractivity contribution in [3.05, 3.63) is 23.8 Å². The summed E-state index contributed by atoms with van der Waals surface area (Å²) in [7, 11) is -4.33. The van der Waals surface area contributed by atoms with E-state index in [1.54, 1.807) is 0 Å². The number of unbranched alkanes of at least 4 members (excludes halogenated alkanes) is 15. The molecule has 0 amide bonds. The minimum Gasteiger partial charge on any atom is -0.872 e. The molecule has 1 rings (SSSR count). The molecular formula is C24H41NaO4S. The van der Waals surface area contributed by atoms with E-state index < -0.39 is 15.9 Å². The second-order valence-electron chi connectivity index (χ2n) is 8.30. The molecule has 0 aromatic heterocycles.